The van der Waals surface area contributed by atoms with E-state index < -0.39 is 0 Å². The van der Waals surface area contributed by atoms with E-state index in [-0.39, 0.29) is 0 Å². The van der Waals surface area contributed by atoms with Crippen LogP contribution in [0.3, 0.4) is 0 Å². The molecule has 3 rings (SSSR count). The first kappa shape index (κ1) is 12.0. The van der Waals surface area contributed by atoms with E-state index >= 15 is 0 Å². The van der Waals surface area contributed by atoms with Gasteiger partial charge >= 0.3 is 0 Å². The van der Waals surface area contributed by atoms with Crippen LogP contribution in [0.5, 0.6) is 0 Å². The molecule has 0 saturated heterocycles. The number of para-hydroxylation sites is 1. The fraction of sp³-hybridized carbons (Fsp3) is 0.625. The van der Waals surface area contributed by atoms with Crippen LogP contribution >= 0.6 is 0 Å². The maximum absolute atomic E-state index is 3.59. The van der Waals surface area contributed by atoms with E-state index in [4.69, 9.17) is 0 Å². The van der Waals surface area contributed by atoms with Crippen molar-refractivity contribution in [2.24, 2.45) is 0 Å². The van der Waals surface area contributed by atoms with E-state index in [9.17, 15) is 0 Å². The zero-order chi connectivity index (χ0) is 12.2. The lowest BCUT2D eigenvalue weighted by atomic mass is 10.2. The monoisotopic (exact) mass is 244 g/mol. The van der Waals surface area contributed by atoms with Crippen LogP contribution in [0.25, 0.3) is 0 Å². The van der Waals surface area contributed by atoms with Crippen LogP contribution in [0.2, 0.25) is 0 Å². The Bertz CT molecular complexity index is 384. The topological polar surface area (TPSA) is 15.3 Å². The molecule has 0 spiro atoms. The van der Waals surface area contributed by atoms with Crippen LogP contribution in [0.15, 0.2) is 24.3 Å². The highest BCUT2D eigenvalue weighted by atomic mass is 15.1. The van der Waals surface area contributed by atoms with E-state index in [0.29, 0.717) is 0 Å². The summed E-state index contributed by atoms with van der Waals surface area (Å²) in [5, 5.41) is 3.59. The summed E-state index contributed by atoms with van der Waals surface area (Å²) >= 11 is 0. The van der Waals surface area contributed by atoms with Crippen molar-refractivity contribution in [1.29, 1.82) is 0 Å². The van der Waals surface area contributed by atoms with E-state index in [0.717, 1.165) is 6.04 Å². The molecule has 1 aliphatic heterocycles. The van der Waals surface area contributed by atoms with Gasteiger partial charge in [-0.25, -0.2) is 0 Å². The molecule has 1 aliphatic carbocycles. The van der Waals surface area contributed by atoms with Gasteiger partial charge in [0.25, 0.3) is 0 Å². The highest BCUT2D eigenvalue weighted by Crippen LogP contribution is 2.27. The van der Waals surface area contributed by atoms with Gasteiger partial charge in [-0.1, -0.05) is 24.6 Å². The van der Waals surface area contributed by atoms with Crippen LogP contribution in [-0.4, -0.2) is 25.7 Å². The molecule has 2 heteroatoms. The molecule has 2 aliphatic rings. The van der Waals surface area contributed by atoms with Gasteiger partial charge in [0.1, 0.15) is 0 Å². The molecule has 1 heterocycles. The average molecular weight is 244 g/mol. The third-order valence-corrected chi connectivity index (χ3v) is 4.10. The summed E-state index contributed by atoms with van der Waals surface area (Å²) in [7, 11) is 0. The molecule has 0 amide bonds. The van der Waals surface area contributed by atoms with Crippen molar-refractivity contribution >= 4 is 5.69 Å². The molecule has 1 N–H and O–H groups in total. The highest BCUT2D eigenvalue weighted by Gasteiger charge is 2.19. The van der Waals surface area contributed by atoms with Gasteiger partial charge in [0.05, 0.1) is 0 Å². The number of hydrogen-bond donors (Lipinski definition) is 1. The first-order valence-electron chi connectivity index (χ1n) is 7.50. The zero-order valence-electron chi connectivity index (χ0n) is 11.2. The number of anilines is 1. The van der Waals surface area contributed by atoms with Crippen LogP contribution in [0.1, 0.15) is 37.7 Å². The molecule has 2 nitrogen and oxygen atoms in total. The maximum Gasteiger partial charge on any atom is 0.0399 e. The van der Waals surface area contributed by atoms with Crippen molar-refractivity contribution < 1.29 is 0 Å². The number of fused-ring (bicyclic) bond motifs is 1. The lowest BCUT2D eigenvalue weighted by Gasteiger charge is -2.19. The zero-order valence-corrected chi connectivity index (χ0v) is 11.2. The third-order valence-electron chi connectivity index (χ3n) is 4.10. The number of nitrogens with one attached hydrogen (secondary N) is 1. The van der Waals surface area contributed by atoms with Gasteiger partial charge < -0.3 is 10.2 Å². The average Bonchev–Trinajstić information content (AvgIpc) is 3.14. The van der Waals surface area contributed by atoms with Crippen molar-refractivity contribution in [3.05, 3.63) is 29.8 Å². The second-order valence-electron chi connectivity index (χ2n) is 5.65. The molecule has 0 aromatic heterocycles. The minimum atomic E-state index is 0.871. The Morgan fingerprint density at radius 3 is 2.89 bits per heavy atom. The maximum atomic E-state index is 3.59. The second-order valence-corrected chi connectivity index (χ2v) is 5.65. The summed E-state index contributed by atoms with van der Waals surface area (Å²) < 4.78 is 0. The summed E-state index contributed by atoms with van der Waals surface area (Å²) in [6, 6.07) is 9.74. The first-order valence-corrected chi connectivity index (χ1v) is 7.50. The van der Waals surface area contributed by atoms with Crippen LogP contribution < -0.4 is 10.2 Å². The third kappa shape index (κ3) is 3.05. The molecule has 0 bridgehead atoms. The summed E-state index contributed by atoms with van der Waals surface area (Å²) in [6.45, 7) is 3.68. The molecule has 1 aromatic rings. The molecule has 0 radical (unpaired) electrons. The lowest BCUT2D eigenvalue weighted by Crippen LogP contribution is -2.22. The van der Waals surface area contributed by atoms with Gasteiger partial charge in [0.15, 0.2) is 0 Å². The summed E-state index contributed by atoms with van der Waals surface area (Å²) in [6.07, 6.45) is 8.08. The van der Waals surface area contributed by atoms with Crippen LogP contribution in [0.4, 0.5) is 5.69 Å². The minimum absolute atomic E-state index is 0.871. The van der Waals surface area contributed by atoms with Crippen molar-refractivity contribution in [1.82, 2.24) is 5.32 Å². The summed E-state index contributed by atoms with van der Waals surface area (Å²) in [4.78, 5) is 2.56. The Hall–Kier alpha value is -1.02. The molecule has 1 fully saturated rings. The van der Waals surface area contributed by atoms with Gasteiger partial charge in [-0.15, -0.1) is 0 Å². The van der Waals surface area contributed by atoms with Crippen molar-refractivity contribution in [2.45, 2.75) is 44.6 Å². The smallest absolute Gasteiger partial charge is 0.0399 e. The van der Waals surface area contributed by atoms with E-state index in [2.05, 4.69) is 34.5 Å². The predicted octanol–water partition coefficient (Wildman–Crippen LogP) is 2.97. The van der Waals surface area contributed by atoms with Gasteiger partial charge in [0, 0.05) is 24.8 Å². The van der Waals surface area contributed by atoms with Crippen molar-refractivity contribution in [2.75, 3.05) is 24.5 Å². The van der Waals surface area contributed by atoms with Gasteiger partial charge in [-0.05, 0) is 50.3 Å². The number of benzene rings is 1. The Kier molecular flexibility index (Phi) is 3.84. The summed E-state index contributed by atoms with van der Waals surface area (Å²) in [5.41, 5.74) is 3.02. The van der Waals surface area contributed by atoms with E-state index in [1.807, 2.05) is 0 Å². The minimum Gasteiger partial charge on any atom is -0.371 e. The van der Waals surface area contributed by atoms with Crippen molar-refractivity contribution in [3.8, 4) is 0 Å². The van der Waals surface area contributed by atoms with Gasteiger partial charge in [0.2, 0.25) is 0 Å². The van der Waals surface area contributed by atoms with Crippen LogP contribution in [0, 0.1) is 0 Å². The second kappa shape index (κ2) is 5.75. The predicted molar refractivity (Wildman–Crippen MR) is 77.2 cm³/mol. The Labute approximate surface area is 110 Å². The Balaban J connectivity index is 1.34. The summed E-state index contributed by atoms with van der Waals surface area (Å²) in [5.74, 6) is 0. The van der Waals surface area contributed by atoms with E-state index in [1.165, 1.54) is 69.4 Å². The number of rotatable bonds is 7. The molecule has 98 valence electrons. The van der Waals surface area contributed by atoms with Crippen LogP contribution in [-0.2, 0) is 6.42 Å². The van der Waals surface area contributed by atoms with Gasteiger partial charge in [-0.3, -0.25) is 0 Å². The first-order chi connectivity index (χ1) is 8.93. The standard InChI is InChI=1S/C16H24N2/c1(4-11-17-15-8-9-15)5-12-18-13-10-14-6-2-3-7-16(14)18/h2-3,6-7,15,17H,1,4-5,8-13H2. The Morgan fingerprint density at radius 2 is 2.00 bits per heavy atom. The highest BCUT2D eigenvalue weighted by molar-refractivity contribution is 5.57. The quantitative estimate of drug-likeness (QED) is 0.742. The number of hydrogen-bond acceptors (Lipinski definition) is 2. The lowest BCUT2D eigenvalue weighted by molar-refractivity contribution is 0.596. The normalized spacial score (nSPS) is 18.1. The molecule has 18 heavy (non-hydrogen) atoms. The van der Waals surface area contributed by atoms with E-state index in [1.54, 1.807) is 0 Å². The fourth-order valence-corrected chi connectivity index (χ4v) is 2.84. The van der Waals surface area contributed by atoms with Gasteiger partial charge in [-0.2, -0.15) is 0 Å². The Morgan fingerprint density at radius 1 is 1.11 bits per heavy atom. The molecule has 1 saturated carbocycles. The molecule has 1 aromatic carbocycles. The van der Waals surface area contributed by atoms with Crippen molar-refractivity contribution in [3.63, 3.8) is 0 Å². The molecular formula is C16H24N2. The number of nitrogens with zero attached hydrogens (tertiary/aromatic N) is 1. The molecule has 0 atom stereocenters. The largest absolute Gasteiger partial charge is 0.371 e. The fourth-order valence-electron chi connectivity index (χ4n) is 2.84. The number of unbranched alkanes of at least 4 members (excludes halogenated alkanes) is 2. The molecular weight excluding hydrogens is 220 g/mol. The molecule has 0 unspecified atom stereocenters. The SMILES string of the molecule is c1ccc2c(c1)CCN2CCCCCNC1CC1.